The summed E-state index contributed by atoms with van der Waals surface area (Å²) in [6, 6.07) is 9.96. The lowest BCUT2D eigenvalue weighted by atomic mass is 10.1. The van der Waals surface area contributed by atoms with Crippen molar-refractivity contribution in [2.24, 2.45) is 5.73 Å². The van der Waals surface area contributed by atoms with Crippen molar-refractivity contribution in [3.63, 3.8) is 0 Å². The predicted octanol–water partition coefficient (Wildman–Crippen LogP) is 2.64. The zero-order valence-corrected chi connectivity index (χ0v) is 10.1. The summed E-state index contributed by atoms with van der Waals surface area (Å²) in [6.07, 6.45) is 3.55. The number of benzene rings is 1. The summed E-state index contributed by atoms with van der Waals surface area (Å²) < 4.78 is 0. The third kappa shape index (κ3) is 1.87. The van der Waals surface area contributed by atoms with E-state index in [0.717, 1.165) is 28.0 Å². The lowest BCUT2D eigenvalue weighted by molar-refractivity contribution is 0.819. The fraction of sp³-hybridized carbons (Fsp3) is 0.143. The highest BCUT2D eigenvalue weighted by Crippen LogP contribution is 2.22. The average molecular weight is 238 g/mol. The molecule has 0 aliphatic rings. The molecular formula is C14H14N4. The quantitative estimate of drug-likeness (QED) is 0.721. The highest BCUT2D eigenvalue weighted by molar-refractivity contribution is 5.80. The summed E-state index contributed by atoms with van der Waals surface area (Å²) >= 11 is 0. The van der Waals surface area contributed by atoms with Gasteiger partial charge in [0, 0.05) is 24.0 Å². The molecule has 4 nitrogen and oxygen atoms in total. The van der Waals surface area contributed by atoms with E-state index in [4.69, 9.17) is 5.73 Å². The van der Waals surface area contributed by atoms with Crippen LogP contribution in [-0.4, -0.2) is 15.0 Å². The van der Waals surface area contributed by atoms with Gasteiger partial charge in [-0.25, -0.2) is 4.98 Å². The zero-order valence-electron chi connectivity index (χ0n) is 10.1. The number of rotatable bonds is 2. The molecular weight excluding hydrogens is 224 g/mol. The van der Waals surface area contributed by atoms with Gasteiger partial charge in [-0.15, -0.1) is 0 Å². The smallest absolute Gasteiger partial charge is 0.140 e. The predicted molar refractivity (Wildman–Crippen MR) is 71.9 cm³/mol. The molecule has 1 unspecified atom stereocenters. The van der Waals surface area contributed by atoms with Crippen molar-refractivity contribution in [3.05, 3.63) is 48.3 Å². The molecule has 0 aliphatic carbocycles. The maximum atomic E-state index is 5.88. The molecule has 1 aromatic carbocycles. The Hall–Kier alpha value is -2.20. The van der Waals surface area contributed by atoms with Gasteiger partial charge in [0.2, 0.25) is 0 Å². The van der Waals surface area contributed by atoms with Crippen LogP contribution < -0.4 is 5.73 Å². The minimum atomic E-state index is 0.0274. The molecule has 18 heavy (non-hydrogen) atoms. The lowest BCUT2D eigenvalue weighted by Crippen LogP contribution is -2.04. The van der Waals surface area contributed by atoms with Gasteiger partial charge in [-0.1, -0.05) is 6.07 Å². The monoisotopic (exact) mass is 238 g/mol. The van der Waals surface area contributed by atoms with E-state index in [2.05, 4.69) is 15.0 Å². The molecule has 4 heteroatoms. The normalized spacial score (nSPS) is 12.8. The second-order valence-electron chi connectivity index (χ2n) is 4.39. The van der Waals surface area contributed by atoms with Crippen LogP contribution in [0.5, 0.6) is 0 Å². The van der Waals surface area contributed by atoms with Crippen molar-refractivity contribution in [2.75, 3.05) is 0 Å². The van der Waals surface area contributed by atoms with Gasteiger partial charge in [0.1, 0.15) is 5.82 Å². The number of hydrogen-bond donors (Lipinski definition) is 2. The number of nitrogens with one attached hydrogen (secondary N) is 1. The molecule has 0 saturated heterocycles. The van der Waals surface area contributed by atoms with Crippen LogP contribution in [0.4, 0.5) is 0 Å². The van der Waals surface area contributed by atoms with Crippen molar-refractivity contribution in [1.29, 1.82) is 0 Å². The van der Waals surface area contributed by atoms with E-state index in [1.807, 2.05) is 37.3 Å². The number of hydrogen-bond acceptors (Lipinski definition) is 3. The summed E-state index contributed by atoms with van der Waals surface area (Å²) in [4.78, 5) is 11.9. The van der Waals surface area contributed by atoms with E-state index >= 15 is 0 Å². The Morgan fingerprint density at radius 2 is 2.17 bits per heavy atom. The van der Waals surface area contributed by atoms with Crippen LogP contribution in [0.3, 0.4) is 0 Å². The molecule has 0 bridgehead atoms. The first kappa shape index (κ1) is 10.9. The summed E-state index contributed by atoms with van der Waals surface area (Å²) in [5, 5.41) is 0. The first-order valence-electron chi connectivity index (χ1n) is 5.90. The highest BCUT2D eigenvalue weighted by atomic mass is 14.9. The SMILES string of the molecule is CC(N)c1ccc2nc(-c3cccnc3)[nH]c2c1. The van der Waals surface area contributed by atoms with Gasteiger partial charge in [-0.3, -0.25) is 4.98 Å². The maximum Gasteiger partial charge on any atom is 0.140 e. The van der Waals surface area contributed by atoms with E-state index < -0.39 is 0 Å². The van der Waals surface area contributed by atoms with Crippen molar-refractivity contribution in [2.45, 2.75) is 13.0 Å². The van der Waals surface area contributed by atoms with Crippen LogP contribution in [0.1, 0.15) is 18.5 Å². The molecule has 0 amide bonds. The Morgan fingerprint density at radius 1 is 1.28 bits per heavy atom. The van der Waals surface area contributed by atoms with Gasteiger partial charge in [-0.05, 0) is 36.8 Å². The first-order chi connectivity index (χ1) is 8.74. The largest absolute Gasteiger partial charge is 0.338 e. The maximum absolute atomic E-state index is 5.88. The fourth-order valence-corrected chi connectivity index (χ4v) is 1.95. The molecule has 0 aliphatic heterocycles. The van der Waals surface area contributed by atoms with E-state index in [1.165, 1.54) is 0 Å². The molecule has 1 atom stereocenters. The third-order valence-electron chi connectivity index (χ3n) is 2.97. The van der Waals surface area contributed by atoms with Crippen LogP contribution in [0.25, 0.3) is 22.4 Å². The van der Waals surface area contributed by atoms with Gasteiger partial charge in [-0.2, -0.15) is 0 Å². The van der Waals surface area contributed by atoms with Crippen LogP contribution in [-0.2, 0) is 0 Å². The van der Waals surface area contributed by atoms with Gasteiger partial charge < -0.3 is 10.7 Å². The summed E-state index contributed by atoms with van der Waals surface area (Å²) in [6.45, 7) is 1.97. The van der Waals surface area contributed by atoms with E-state index in [9.17, 15) is 0 Å². The second-order valence-corrected chi connectivity index (χ2v) is 4.39. The molecule has 2 aromatic heterocycles. The summed E-state index contributed by atoms with van der Waals surface area (Å²) in [5.41, 5.74) is 9.91. The zero-order chi connectivity index (χ0) is 12.5. The van der Waals surface area contributed by atoms with Gasteiger partial charge in [0.15, 0.2) is 0 Å². The molecule has 0 saturated carbocycles. The molecule has 3 N–H and O–H groups in total. The van der Waals surface area contributed by atoms with E-state index in [-0.39, 0.29) is 6.04 Å². The molecule has 0 fully saturated rings. The highest BCUT2D eigenvalue weighted by Gasteiger charge is 2.07. The molecule has 3 aromatic rings. The number of nitrogens with zero attached hydrogens (tertiary/aromatic N) is 2. The Morgan fingerprint density at radius 3 is 2.89 bits per heavy atom. The fourth-order valence-electron chi connectivity index (χ4n) is 1.95. The van der Waals surface area contributed by atoms with Crippen molar-refractivity contribution in [3.8, 4) is 11.4 Å². The Balaban J connectivity index is 2.11. The van der Waals surface area contributed by atoms with Crippen LogP contribution in [0, 0.1) is 0 Å². The minimum absolute atomic E-state index is 0.0274. The summed E-state index contributed by atoms with van der Waals surface area (Å²) in [5.74, 6) is 0.833. The second kappa shape index (κ2) is 4.23. The van der Waals surface area contributed by atoms with E-state index in [0.29, 0.717) is 0 Å². The lowest BCUT2D eigenvalue weighted by Gasteiger charge is -2.03. The minimum Gasteiger partial charge on any atom is -0.338 e. The van der Waals surface area contributed by atoms with Gasteiger partial charge in [0.25, 0.3) is 0 Å². The van der Waals surface area contributed by atoms with Crippen molar-refractivity contribution < 1.29 is 0 Å². The van der Waals surface area contributed by atoms with Crippen molar-refractivity contribution in [1.82, 2.24) is 15.0 Å². The Kier molecular flexibility index (Phi) is 2.57. The molecule has 3 rings (SSSR count). The average Bonchev–Trinajstić information content (AvgIpc) is 2.82. The summed E-state index contributed by atoms with van der Waals surface area (Å²) in [7, 11) is 0. The number of aromatic amines is 1. The number of imidazole rings is 1. The van der Waals surface area contributed by atoms with Crippen LogP contribution in [0.2, 0.25) is 0 Å². The van der Waals surface area contributed by atoms with Gasteiger partial charge in [0.05, 0.1) is 11.0 Å². The number of pyridine rings is 1. The van der Waals surface area contributed by atoms with Crippen molar-refractivity contribution >= 4 is 11.0 Å². The van der Waals surface area contributed by atoms with Crippen LogP contribution in [0.15, 0.2) is 42.7 Å². The van der Waals surface area contributed by atoms with Gasteiger partial charge >= 0.3 is 0 Å². The Labute approximate surface area is 105 Å². The molecule has 90 valence electrons. The topological polar surface area (TPSA) is 67.6 Å². The molecule has 0 radical (unpaired) electrons. The number of H-pyrrole nitrogens is 1. The third-order valence-corrected chi connectivity index (χ3v) is 2.97. The standard InChI is InChI=1S/C14H14N4/c1-9(15)10-4-5-12-13(7-10)18-14(17-12)11-3-2-6-16-8-11/h2-9H,15H2,1H3,(H,17,18). The van der Waals surface area contributed by atoms with Crippen LogP contribution >= 0.6 is 0 Å². The Bertz CT molecular complexity index is 671. The van der Waals surface area contributed by atoms with E-state index in [1.54, 1.807) is 12.4 Å². The number of aromatic nitrogens is 3. The molecule has 2 heterocycles. The number of nitrogens with two attached hydrogens (primary N) is 1. The number of fused-ring (bicyclic) bond motifs is 1. The molecule has 0 spiro atoms. The first-order valence-corrected chi connectivity index (χ1v) is 5.90.